The van der Waals surface area contributed by atoms with Gasteiger partial charge < -0.3 is 9.84 Å². The number of hydrogen-bond acceptors (Lipinski definition) is 3. The molecule has 2 unspecified atom stereocenters. The zero-order chi connectivity index (χ0) is 15.2. The summed E-state index contributed by atoms with van der Waals surface area (Å²) in [6, 6.07) is 0. The molecule has 112 valence electrons. The van der Waals surface area contributed by atoms with Crippen LogP contribution in [0.2, 0.25) is 0 Å². The fourth-order valence-electron chi connectivity index (χ4n) is 2.85. The van der Waals surface area contributed by atoms with Crippen molar-refractivity contribution in [3.63, 3.8) is 0 Å². The highest BCUT2D eigenvalue weighted by Gasteiger charge is 2.51. The summed E-state index contributed by atoms with van der Waals surface area (Å²) >= 11 is 0. The van der Waals surface area contributed by atoms with Crippen molar-refractivity contribution in [1.29, 1.82) is 0 Å². The average Bonchev–Trinajstić information content (AvgIpc) is 2.28. The predicted molar refractivity (Wildman–Crippen MR) is 74.8 cm³/mol. The van der Waals surface area contributed by atoms with E-state index in [1.165, 1.54) is 0 Å². The van der Waals surface area contributed by atoms with E-state index in [1.54, 1.807) is 6.92 Å². The van der Waals surface area contributed by atoms with E-state index in [0.29, 0.717) is 12.8 Å². The van der Waals surface area contributed by atoms with Crippen molar-refractivity contribution in [2.24, 2.45) is 23.2 Å². The molecule has 0 aliphatic heterocycles. The van der Waals surface area contributed by atoms with Crippen LogP contribution in [-0.2, 0) is 14.3 Å². The second-order valence-electron chi connectivity index (χ2n) is 5.79. The third kappa shape index (κ3) is 3.95. The second kappa shape index (κ2) is 7.51. The minimum Gasteiger partial charge on any atom is -0.481 e. The molecule has 0 bridgehead atoms. The zero-order valence-corrected chi connectivity index (χ0v) is 13.0. The summed E-state index contributed by atoms with van der Waals surface area (Å²) in [5.41, 5.74) is -0.938. The molecular weight excluding hydrogens is 244 g/mol. The Labute approximate surface area is 116 Å². The first-order valence-corrected chi connectivity index (χ1v) is 7.13. The van der Waals surface area contributed by atoms with Gasteiger partial charge in [0.25, 0.3) is 0 Å². The highest BCUT2D eigenvalue weighted by Crippen LogP contribution is 2.43. The van der Waals surface area contributed by atoms with Gasteiger partial charge in [-0.1, -0.05) is 34.6 Å². The largest absolute Gasteiger partial charge is 0.481 e. The first-order chi connectivity index (χ1) is 8.73. The van der Waals surface area contributed by atoms with Crippen LogP contribution in [0.3, 0.4) is 0 Å². The van der Waals surface area contributed by atoms with Gasteiger partial charge in [0.15, 0.2) is 0 Å². The summed E-state index contributed by atoms with van der Waals surface area (Å²) in [4.78, 5) is 24.0. The fraction of sp³-hybridized carbons (Fsp3) is 0.867. The van der Waals surface area contributed by atoms with E-state index < -0.39 is 17.3 Å². The second-order valence-corrected chi connectivity index (χ2v) is 5.79. The van der Waals surface area contributed by atoms with Crippen LogP contribution in [-0.4, -0.2) is 23.7 Å². The number of carboxylic acids is 1. The van der Waals surface area contributed by atoms with Gasteiger partial charge in [-0.25, -0.2) is 0 Å². The van der Waals surface area contributed by atoms with Crippen LogP contribution >= 0.6 is 0 Å². The highest BCUT2D eigenvalue weighted by molar-refractivity contribution is 5.85. The van der Waals surface area contributed by atoms with Gasteiger partial charge in [-0.2, -0.15) is 0 Å². The van der Waals surface area contributed by atoms with E-state index >= 15 is 0 Å². The molecule has 0 saturated heterocycles. The van der Waals surface area contributed by atoms with Gasteiger partial charge in [0.2, 0.25) is 0 Å². The minimum absolute atomic E-state index is 0.0728. The Balaban J connectivity index is 5.63. The highest BCUT2D eigenvalue weighted by atomic mass is 16.5. The Bertz CT molecular complexity index is 309. The van der Waals surface area contributed by atoms with Crippen molar-refractivity contribution in [1.82, 2.24) is 0 Å². The standard InChI is InChI=1S/C15H28O4/c1-7-15(11(5)6,14(18)19-8-2)12(13(16)17)9-10(3)4/h10-12H,7-9H2,1-6H3,(H,16,17). The number of hydrogen-bond donors (Lipinski definition) is 1. The van der Waals surface area contributed by atoms with Crippen molar-refractivity contribution in [2.45, 2.75) is 54.4 Å². The number of aliphatic carboxylic acids is 1. The molecule has 0 aromatic heterocycles. The van der Waals surface area contributed by atoms with Gasteiger partial charge in [0.05, 0.1) is 17.9 Å². The molecule has 4 heteroatoms. The van der Waals surface area contributed by atoms with Crippen LogP contribution < -0.4 is 0 Å². The molecule has 0 aromatic rings. The zero-order valence-electron chi connectivity index (χ0n) is 13.0. The molecule has 0 fully saturated rings. The van der Waals surface area contributed by atoms with Crippen molar-refractivity contribution in [3.8, 4) is 0 Å². The molecule has 0 spiro atoms. The Morgan fingerprint density at radius 1 is 1.16 bits per heavy atom. The van der Waals surface area contributed by atoms with Gasteiger partial charge in [-0.3, -0.25) is 9.59 Å². The number of carbonyl (C=O) groups is 2. The lowest BCUT2D eigenvalue weighted by molar-refractivity contribution is -0.172. The first kappa shape index (κ1) is 17.9. The molecule has 1 N–H and O–H groups in total. The van der Waals surface area contributed by atoms with E-state index in [9.17, 15) is 14.7 Å². The number of carboxylic acid groups (broad SMARTS) is 1. The summed E-state index contributed by atoms with van der Waals surface area (Å²) in [6.07, 6.45) is 0.966. The maximum absolute atomic E-state index is 12.4. The molecule has 2 atom stereocenters. The molecule has 0 rings (SSSR count). The summed E-state index contributed by atoms with van der Waals surface area (Å²) in [7, 11) is 0. The lowest BCUT2D eigenvalue weighted by Crippen LogP contribution is -2.47. The van der Waals surface area contributed by atoms with Crippen LogP contribution in [0.5, 0.6) is 0 Å². The van der Waals surface area contributed by atoms with Crippen LogP contribution in [0.1, 0.15) is 54.4 Å². The molecule has 0 radical (unpaired) electrons. The van der Waals surface area contributed by atoms with Crippen LogP contribution in [0, 0.1) is 23.2 Å². The van der Waals surface area contributed by atoms with Crippen LogP contribution in [0.25, 0.3) is 0 Å². The molecule has 0 aliphatic rings. The molecule has 0 aromatic carbocycles. The molecule has 19 heavy (non-hydrogen) atoms. The summed E-state index contributed by atoms with van der Waals surface area (Å²) in [6.45, 7) is 11.6. The van der Waals surface area contributed by atoms with Crippen molar-refractivity contribution >= 4 is 11.9 Å². The van der Waals surface area contributed by atoms with E-state index in [-0.39, 0.29) is 24.4 Å². The van der Waals surface area contributed by atoms with E-state index in [0.717, 1.165) is 0 Å². The number of esters is 1. The molecule has 0 aliphatic carbocycles. The summed E-state index contributed by atoms with van der Waals surface area (Å²) < 4.78 is 5.17. The minimum atomic E-state index is -0.938. The van der Waals surface area contributed by atoms with Gasteiger partial charge in [-0.15, -0.1) is 0 Å². The van der Waals surface area contributed by atoms with Crippen molar-refractivity contribution in [3.05, 3.63) is 0 Å². The van der Waals surface area contributed by atoms with Gasteiger partial charge in [0, 0.05) is 0 Å². The Morgan fingerprint density at radius 2 is 1.68 bits per heavy atom. The number of carbonyl (C=O) groups excluding carboxylic acids is 1. The average molecular weight is 272 g/mol. The molecule has 0 amide bonds. The Kier molecular flexibility index (Phi) is 7.09. The van der Waals surface area contributed by atoms with Gasteiger partial charge >= 0.3 is 11.9 Å². The van der Waals surface area contributed by atoms with E-state index in [4.69, 9.17) is 4.74 Å². The fourth-order valence-corrected chi connectivity index (χ4v) is 2.85. The van der Waals surface area contributed by atoms with Crippen LogP contribution in [0.15, 0.2) is 0 Å². The van der Waals surface area contributed by atoms with Crippen LogP contribution in [0.4, 0.5) is 0 Å². The lowest BCUT2D eigenvalue weighted by Gasteiger charge is -2.39. The van der Waals surface area contributed by atoms with E-state index in [2.05, 4.69) is 0 Å². The summed E-state index contributed by atoms with van der Waals surface area (Å²) in [5.74, 6) is -1.83. The molecular formula is C15H28O4. The van der Waals surface area contributed by atoms with Gasteiger partial charge in [0.1, 0.15) is 0 Å². The maximum Gasteiger partial charge on any atom is 0.313 e. The van der Waals surface area contributed by atoms with Crippen molar-refractivity contribution < 1.29 is 19.4 Å². The SMILES string of the molecule is CCOC(=O)C(CC)(C(C)C)C(CC(C)C)C(=O)O. The predicted octanol–water partition coefficient (Wildman–Crippen LogP) is 3.35. The molecule has 0 heterocycles. The lowest BCUT2D eigenvalue weighted by atomic mass is 9.63. The third-order valence-corrected chi connectivity index (χ3v) is 3.90. The normalized spacial score (nSPS) is 16.2. The van der Waals surface area contributed by atoms with E-state index in [1.807, 2.05) is 34.6 Å². The number of rotatable bonds is 8. The summed E-state index contributed by atoms with van der Waals surface area (Å²) in [5, 5.41) is 9.55. The first-order valence-electron chi connectivity index (χ1n) is 7.13. The smallest absolute Gasteiger partial charge is 0.313 e. The molecule has 0 saturated carbocycles. The Morgan fingerprint density at radius 3 is 1.95 bits per heavy atom. The number of ether oxygens (including phenoxy) is 1. The quantitative estimate of drug-likeness (QED) is 0.688. The topological polar surface area (TPSA) is 63.6 Å². The van der Waals surface area contributed by atoms with Crippen molar-refractivity contribution in [2.75, 3.05) is 6.61 Å². The third-order valence-electron chi connectivity index (χ3n) is 3.90. The molecule has 4 nitrogen and oxygen atoms in total. The Hall–Kier alpha value is -1.06. The maximum atomic E-state index is 12.4. The monoisotopic (exact) mass is 272 g/mol. The van der Waals surface area contributed by atoms with Gasteiger partial charge in [-0.05, 0) is 31.6 Å².